The van der Waals surface area contributed by atoms with E-state index in [9.17, 15) is 14.4 Å². The highest BCUT2D eigenvalue weighted by molar-refractivity contribution is 6.08. The fraction of sp³-hybridized carbons (Fsp3) is 0.308. The fourth-order valence-electron chi connectivity index (χ4n) is 2.30. The van der Waals surface area contributed by atoms with Crippen molar-refractivity contribution in [3.05, 3.63) is 35.4 Å². The number of primary amides is 2. The van der Waals surface area contributed by atoms with E-state index < -0.39 is 23.2 Å². The molecule has 1 fully saturated rings. The molecule has 1 saturated carbocycles. The van der Waals surface area contributed by atoms with Gasteiger partial charge in [0.15, 0.2) is 0 Å². The Labute approximate surface area is 109 Å². The molecule has 19 heavy (non-hydrogen) atoms. The number of carbonyl (C=O) groups is 3. The van der Waals surface area contributed by atoms with E-state index in [1.165, 1.54) is 7.11 Å². The number of carbonyl (C=O) groups excluding carboxylic acids is 3. The molecule has 0 aromatic heterocycles. The molecule has 0 heterocycles. The molecule has 1 aromatic rings. The number of amides is 2. The zero-order valence-corrected chi connectivity index (χ0v) is 10.4. The summed E-state index contributed by atoms with van der Waals surface area (Å²) < 4.78 is 4.58. The highest BCUT2D eigenvalue weighted by Crippen LogP contribution is 2.58. The summed E-state index contributed by atoms with van der Waals surface area (Å²) in [6.07, 6.45) is 0.315. The lowest BCUT2D eigenvalue weighted by molar-refractivity contribution is -0.133. The van der Waals surface area contributed by atoms with Crippen LogP contribution in [0.25, 0.3) is 0 Å². The molecule has 6 heteroatoms. The summed E-state index contributed by atoms with van der Waals surface area (Å²) in [6, 6.07) is 6.49. The topological polar surface area (TPSA) is 112 Å². The maximum Gasteiger partial charge on any atom is 0.337 e. The van der Waals surface area contributed by atoms with Crippen LogP contribution in [0.3, 0.4) is 0 Å². The Morgan fingerprint density at radius 2 is 1.68 bits per heavy atom. The van der Waals surface area contributed by atoms with E-state index in [0.717, 1.165) is 5.56 Å². The third kappa shape index (κ3) is 1.95. The first-order chi connectivity index (χ1) is 8.93. The van der Waals surface area contributed by atoms with Gasteiger partial charge in [-0.15, -0.1) is 0 Å². The van der Waals surface area contributed by atoms with Crippen LogP contribution in [0.4, 0.5) is 0 Å². The van der Waals surface area contributed by atoms with Crippen LogP contribution in [-0.4, -0.2) is 24.9 Å². The van der Waals surface area contributed by atoms with Gasteiger partial charge in [0, 0.05) is 5.92 Å². The molecule has 0 spiro atoms. The lowest BCUT2D eigenvalue weighted by Crippen LogP contribution is -2.38. The van der Waals surface area contributed by atoms with Gasteiger partial charge in [0.1, 0.15) is 5.41 Å². The van der Waals surface area contributed by atoms with Crippen molar-refractivity contribution in [2.24, 2.45) is 16.9 Å². The van der Waals surface area contributed by atoms with Crippen LogP contribution >= 0.6 is 0 Å². The van der Waals surface area contributed by atoms with Gasteiger partial charge in [-0.1, -0.05) is 12.1 Å². The summed E-state index contributed by atoms with van der Waals surface area (Å²) in [6.45, 7) is 0. The van der Waals surface area contributed by atoms with Gasteiger partial charge in [-0.25, -0.2) is 4.79 Å². The highest BCUT2D eigenvalue weighted by Gasteiger charge is 2.64. The second kappa shape index (κ2) is 4.38. The van der Waals surface area contributed by atoms with Crippen molar-refractivity contribution >= 4 is 17.8 Å². The molecule has 1 aliphatic carbocycles. The molecule has 0 aliphatic heterocycles. The molecule has 1 aliphatic rings. The van der Waals surface area contributed by atoms with Crippen molar-refractivity contribution in [3.8, 4) is 0 Å². The second-order valence-electron chi connectivity index (χ2n) is 4.57. The molecule has 6 nitrogen and oxygen atoms in total. The van der Waals surface area contributed by atoms with Crippen LogP contribution in [-0.2, 0) is 14.3 Å². The summed E-state index contributed by atoms with van der Waals surface area (Å²) in [5.41, 5.74) is 10.4. The van der Waals surface area contributed by atoms with Crippen LogP contribution in [0, 0.1) is 5.41 Å². The molecule has 0 radical (unpaired) electrons. The predicted octanol–water partition coefficient (Wildman–Crippen LogP) is -0.0825. The van der Waals surface area contributed by atoms with Crippen LogP contribution in [0.1, 0.15) is 28.3 Å². The van der Waals surface area contributed by atoms with Gasteiger partial charge in [-0.05, 0) is 24.1 Å². The smallest absolute Gasteiger partial charge is 0.337 e. The van der Waals surface area contributed by atoms with E-state index in [4.69, 9.17) is 11.5 Å². The molecule has 1 atom stereocenters. The second-order valence-corrected chi connectivity index (χ2v) is 4.57. The Morgan fingerprint density at radius 1 is 1.16 bits per heavy atom. The van der Waals surface area contributed by atoms with E-state index in [-0.39, 0.29) is 5.92 Å². The van der Waals surface area contributed by atoms with Crippen molar-refractivity contribution in [2.75, 3.05) is 7.11 Å². The summed E-state index contributed by atoms with van der Waals surface area (Å²) in [4.78, 5) is 34.0. The van der Waals surface area contributed by atoms with Crippen molar-refractivity contribution in [1.82, 2.24) is 0 Å². The molecular formula is C13H14N2O4. The Bertz CT molecular complexity index is 536. The minimum Gasteiger partial charge on any atom is -0.465 e. The van der Waals surface area contributed by atoms with Gasteiger partial charge in [-0.2, -0.15) is 0 Å². The summed E-state index contributed by atoms with van der Waals surface area (Å²) in [5, 5.41) is 0. The number of nitrogens with two attached hydrogens (primary N) is 2. The number of benzene rings is 1. The number of methoxy groups -OCH3 is 1. The Balaban J connectivity index is 2.24. The fourth-order valence-corrected chi connectivity index (χ4v) is 2.30. The van der Waals surface area contributed by atoms with Crippen LogP contribution in [0.2, 0.25) is 0 Å². The van der Waals surface area contributed by atoms with E-state index >= 15 is 0 Å². The SMILES string of the molecule is COC(=O)c1ccc(C2CC2(C(N)=O)C(N)=O)cc1. The lowest BCUT2D eigenvalue weighted by atomic mass is 9.97. The van der Waals surface area contributed by atoms with Gasteiger partial charge in [0.05, 0.1) is 12.7 Å². The van der Waals surface area contributed by atoms with Gasteiger partial charge in [0.2, 0.25) is 11.8 Å². The van der Waals surface area contributed by atoms with E-state index in [1.54, 1.807) is 24.3 Å². The molecule has 1 unspecified atom stereocenters. The first-order valence-corrected chi connectivity index (χ1v) is 5.71. The minimum atomic E-state index is -1.28. The third-order valence-electron chi connectivity index (χ3n) is 3.57. The van der Waals surface area contributed by atoms with E-state index in [0.29, 0.717) is 12.0 Å². The molecule has 1 aromatic carbocycles. The lowest BCUT2D eigenvalue weighted by Gasteiger charge is -2.09. The first-order valence-electron chi connectivity index (χ1n) is 5.71. The van der Waals surface area contributed by atoms with Gasteiger partial charge in [-0.3, -0.25) is 9.59 Å². The largest absolute Gasteiger partial charge is 0.465 e. The summed E-state index contributed by atoms with van der Waals surface area (Å²) in [5.74, 6) is -2.17. The summed E-state index contributed by atoms with van der Waals surface area (Å²) >= 11 is 0. The van der Waals surface area contributed by atoms with Crippen molar-refractivity contribution in [3.63, 3.8) is 0 Å². The number of hydrogen-bond acceptors (Lipinski definition) is 4. The van der Waals surface area contributed by atoms with Crippen molar-refractivity contribution in [2.45, 2.75) is 12.3 Å². The van der Waals surface area contributed by atoms with Crippen LogP contribution in [0.15, 0.2) is 24.3 Å². The van der Waals surface area contributed by atoms with Crippen molar-refractivity contribution < 1.29 is 19.1 Å². The number of esters is 1. The predicted molar refractivity (Wildman–Crippen MR) is 66.0 cm³/mol. The number of ether oxygens (including phenoxy) is 1. The zero-order chi connectivity index (χ0) is 14.2. The Hall–Kier alpha value is -2.37. The molecule has 0 saturated heterocycles. The first kappa shape index (κ1) is 13.1. The van der Waals surface area contributed by atoms with Crippen LogP contribution in [0.5, 0.6) is 0 Å². The maximum absolute atomic E-state index is 11.4. The number of hydrogen-bond donors (Lipinski definition) is 2. The highest BCUT2D eigenvalue weighted by atomic mass is 16.5. The Morgan fingerprint density at radius 3 is 2.05 bits per heavy atom. The number of rotatable bonds is 4. The molecule has 2 amide bonds. The van der Waals surface area contributed by atoms with Gasteiger partial charge >= 0.3 is 5.97 Å². The molecular weight excluding hydrogens is 248 g/mol. The molecule has 0 bridgehead atoms. The molecule has 2 rings (SSSR count). The van der Waals surface area contributed by atoms with Gasteiger partial charge < -0.3 is 16.2 Å². The Kier molecular flexibility index (Phi) is 3.01. The minimum absolute atomic E-state index is 0.311. The van der Waals surface area contributed by atoms with E-state index in [1.807, 2.05) is 0 Å². The van der Waals surface area contributed by atoms with Crippen LogP contribution < -0.4 is 11.5 Å². The summed E-state index contributed by atoms with van der Waals surface area (Å²) in [7, 11) is 1.29. The molecule has 100 valence electrons. The average molecular weight is 262 g/mol. The normalized spacial score (nSPS) is 19.5. The third-order valence-corrected chi connectivity index (χ3v) is 3.57. The zero-order valence-electron chi connectivity index (χ0n) is 10.4. The maximum atomic E-state index is 11.4. The standard InChI is InChI=1S/C13H14N2O4/c1-19-10(16)8-4-2-7(3-5-8)9-6-13(9,11(14)17)12(15)18/h2-5,9H,6H2,1H3,(H2,14,17)(H2,15,18). The monoisotopic (exact) mass is 262 g/mol. The molecule has 4 N–H and O–H groups in total. The average Bonchev–Trinajstić information content (AvgIpc) is 3.15. The quantitative estimate of drug-likeness (QED) is 0.583. The van der Waals surface area contributed by atoms with Crippen molar-refractivity contribution in [1.29, 1.82) is 0 Å². The van der Waals surface area contributed by atoms with E-state index in [2.05, 4.69) is 4.74 Å². The van der Waals surface area contributed by atoms with Gasteiger partial charge in [0.25, 0.3) is 0 Å².